The molecule has 3 heterocycles. The van der Waals surface area contributed by atoms with Gasteiger partial charge < -0.3 is 14.6 Å². The molecular formula is C17H20N4O2. The number of carbonyl (C=O) groups is 2. The molecule has 6 nitrogen and oxygen atoms in total. The number of aryl methyl sites for hydroxylation is 1. The Morgan fingerprint density at radius 3 is 2.91 bits per heavy atom. The molecule has 1 atom stereocenters. The molecule has 3 rings (SSSR count). The first-order valence-corrected chi connectivity index (χ1v) is 7.66. The molecule has 0 aromatic carbocycles. The van der Waals surface area contributed by atoms with Gasteiger partial charge in [0, 0.05) is 25.4 Å². The first-order valence-electron chi connectivity index (χ1n) is 7.66. The van der Waals surface area contributed by atoms with Crippen molar-refractivity contribution >= 4 is 17.5 Å². The summed E-state index contributed by atoms with van der Waals surface area (Å²) >= 11 is 0. The number of imidazole rings is 1. The van der Waals surface area contributed by atoms with Gasteiger partial charge in [-0.15, -0.1) is 0 Å². The van der Waals surface area contributed by atoms with E-state index in [2.05, 4.69) is 10.3 Å². The van der Waals surface area contributed by atoms with Gasteiger partial charge in [0.15, 0.2) is 6.04 Å². The van der Waals surface area contributed by atoms with Crippen LogP contribution < -0.4 is 5.32 Å². The van der Waals surface area contributed by atoms with Crippen LogP contribution in [0.3, 0.4) is 0 Å². The van der Waals surface area contributed by atoms with Crippen LogP contribution in [-0.2, 0) is 9.59 Å². The Hall–Kier alpha value is -2.63. The van der Waals surface area contributed by atoms with E-state index in [1.165, 1.54) is 0 Å². The van der Waals surface area contributed by atoms with Gasteiger partial charge in [-0.25, -0.2) is 4.98 Å². The first-order chi connectivity index (χ1) is 11.0. The zero-order valence-electron chi connectivity index (χ0n) is 13.5. The molecule has 1 saturated heterocycles. The van der Waals surface area contributed by atoms with Crippen molar-refractivity contribution < 1.29 is 9.59 Å². The van der Waals surface area contributed by atoms with Crippen LogP contribution in [-0.4, -0.2) is 39.2 Å². The molecule has 1 aliphatic rings. The van der Waals surface area contributed by atoms with Gasteiger partial charge in [-0.3, -0.25) is 9.59 Å². The highest BCUT2D eigenvalue weighted by molar-refractivity contribution is 5.94. The molecule has 1 aliphatic heterocycles. The quantitative estimate of drug-likeness (QED) is 0.857. The van der Waals surface area contributed by atoms with Gasteiger partial charge in [-0.1, -0.05) is 11.6 Å². The number of nitrogens with zero attached hydrogens (tertiary/aromatic N) is 3. The van der Waals surface area contributed by atoms with Crippen LogP contribution in [0.5, 0.6) is 0 Å². The number of aromatic nitrogens is 2. The Balaban J connectivity index is 2.12. The molecule has 0 radical (unpaired) electrons. The molecule has 0 saturated carbocycles. The maximum atomic E-state index is 12.5. The van der Waals surface area contributed by atoms with Gasteiger partial charge in [0.1, 0.15) is 5.65 Å². The topological polar surface area (TPSA) is 66.7 Å². The number of hydrogen-bond donors (Lipinski definition) is 1. The summed E-state index contributed by atoms with van der Waals surface area (Å²) in [7, 11) is 0. The third-order valence-electron chi connectivity index (χ3n) is 3.92. The van der Waals surface area contributed by atoms with E-state index in [0.717, 1.165) is 22.6 Å². The lowest BCUT2D eigenvalue weighted by Gasteiger charge is -2.34. The Kier molecular flexibility index (Phi) is 3.90. The smallest absolute Gasteiger partial charge is 0.249 e. The average molecular weight is 312 g/mol. The second-order valence-electron chi connectivity index (χ2n) is 5.96. The number of hydrogen-bond acceptors (Lipinski definition) is 3. The van der Waals surface area contributed by atoms with Gasteiger partial charge >= 0.3 is 0 Å². The highest BCUT2D eigenvalue weighted by Crippen LogP contribution is 2.27. The van der Waals surface area contributed by atoms with E-state index in [4.69, 9.17) is 0 Å². The van der Waals surface area contributed by atoms with Crippen LogP contribution in [0, 0.1) is 6.92 Å². The zero-order valence-corrected chi connectivity index (χ0v) is 13.5. The number of fused-ring (bicyclic) bond motifs is 1. The summed E-state index contributed by atoms with van der Waals surface area (Å²) in [5.74, 6) is -0.310. The molecule has 120 valence electrons. The summed E-state index contributed by atoms with van der Waals surface area (Å²) in [5.41, 5.74) is 3.18. The van der Waals surface area contributed by atoms with Gasteiger partial charge in [0.2, 0.25) is 11.8 Å². The molecule has 2 amide bonds. The molecule has 6 heteroatoms. The standard InChI is InChI=1S/C17H20N4O2/c1-11(2)10-14(22)21-9-7-18-17(23)16(21)15-12(3)19-13-6-4-5-8-20(13)15/h4-6,8,10,16H,7,9H2,1-3H3,(H,18,23). The number of rotatable bonds is 2. The molecule has 2 aromatic rings. The van der Waals surface area contributed by atoms with Gasteiger partial charge in [0.05, 0.1) is 11.4 Å². The second-order valence-corrected chi connectivity index (χ2v) is 5.96. The van der Waals surface area contributed by atoms with E-state index in [1.807, 2.05) is 49.6 Å². The van der Waals surface area contributed by atoms with Crippen molar-refractivity contribution in [2.45, 2.75) is 26.8 Å². The zero-order chi connectivity index (χ0) is 16.6. The Bertz CT molecular complexity index is 802. The van der Waals surface area contributed by atoms with Gasteiger partial charge in [0.25, 0.3) is 0 Å². The molecule has 0 aliphatic carbocycles. The normalized spacial score (nSPS) is 18.0. The lowest BCUT2D eigenvalue weighted by atomic mass is 10.1. The number of allylic oxidation sites excluding steroid dienone is 1. The highest BCUT2D eigenvalue weighted by atomic mass is 16.2. The molecular weight excluding hydrogens is 292 g/mol. The molecule has 1 fully saturated rings. The summed E-state index contributed by atoms with van der Waals surface area (Å²) in [6, 6.07) is 5.02. The number of piperazine rings is 1. The number of carbonyl (C=O) groups excluding carboxylic acids is 2. The number of amides is 2. The summed E-state index contributed by atoms with van der Waals surface area (Å²) < 4.78 is 1.88. The maximum absolute atomic E-state index is 12.5. The summed E-state index contributed by atoms with van der Waals surface area (Å²) in [5, 5.41) is 2.86. The van der Waals surface area contributed by atoms with Crippen molar-refractivity contribution in [3.63, 3.8) is 0 Å². The first kappa shape index (κ1) is 15.3. The molecule has 23 heavy (non-hydrogen) atoms. The van der Waals surface area contributed by atoms with Gasteiger partial charge in [-0.2, -0.15) is 0 Å². The van der Waals surface area contributed by atoms with Gasteiger partial charge in [-0.05, 0) is 32.9 Å². The van der Waals surface area contributed by atoms with Crippen molar-refractivity contribution in [2.75, 3.05) is 13.1 Å². The minimum absolute atomic E-state index is 0.143. The third-order valence-corrected chi connectivity index (χ3v) is 3.92. The van der Waals surface area contributed by atoms with Crippen LogP contribution in [0.15, 0.2) is 36.0 Å². The summed E-state index contributed by atoms with van der Waals surface area (Å²) in [4.78, 5) is 31.2. The van der Waals surface area contributed by atoms with Crippen molar-refractivity contribution in [1.82, 2.24) is 19.6 Å². The molecule has 0 bridgehead atoms. The minimum Gasteiger partial charge on any atom is -0.352 e. The van der Waals surface area contributed by atoms with Crippen LogP contribution >= 0.6 is 0 Å². The minimum atomic E-state index is -0.663. The Labute approximate surface area is 134 Å². The summed E-state index contributed by atoms with van der Waals surface area (Å²) in [6.45, 7) is 6.56. The van der Waals surface area contributed by atoms with E-state index in [0.29, 0.717) is 13.1 Å². The molecule has 1 N–H and O–H groups in total. The monoisotopic (exact) mass is 312 g/mol. The fourth-order valence-electron chi connectivity index (χ4n) is 2.97. The van der Waals surface area contributed by atoms with E-state index in [1.54, 1.807) is 11.0 Å². The van der Waals surface area contributed by atoms with Crippen molar-refractivity contribution in [3.05, 3.63) is 47.4 Å². The third kappa shape index (κ3) is 2.72. The number of pyridine rings is 1. The van der Waals surface area contributed by atoms with Crippen LogP contribution in [0.1, 0.15) is 31.3 Å². The van der Waals surface area contributed by atoms with E-state index in [-0.39, 0.29) is 11.8 Å². The molecule has 1 unspecified atom stereocenters. The predicted molar refractivity (Wildman–Crippen MR) is 86.8 cm³/mol. The fraction of sp³-hybridized carbons (Fsp3) is 0.353. The largest absolute Gasteiger partial charge is 0.352 e. The highest BCUT2D eigenvalue weighted by Gasteiger charge is 2.36. The Morgan fingerprint density at radius 2 is 2.17 bits per heavy atom. The van der Waals surface area contributed by atoms with Crippen molar-refractivity contribution in [1.29, 1.82) is 0 Å². The van der Waals surface area contributed by atoms with Crippen LogP contribution in [0.4, 0.5) is 0 Å². The fourth-order valence-corrected chi connectivity index (χ4v) is 2.97. The maximum Gasteiger partial charge on any atom is 0.249 e. The van der Waals surface area contributed by atoms with Crippen molar-refractivity contribution in [2.24, 2.45) is 0 Å². The SMILES string of the molecule is CC(C)=CC(=O)N1CCNC(=O)C1c1c(C)nc2ccccn12. The molecule has 0 spiro atoms. The van der Waals surface area contributed by atoms with Crippen molar-refractivity contribution in [3.8, 4) is 0 Å². The Morgan fingerprint density at radius 1 is 1.39 bits per heavy atom. The molecule has 2 aromatic heterocycles. The van der Waals surface area contributed by atoms with E-state index < -0.39 is 6.04 Å². The van der Waals surface area contributed by atoms with Crippen LogP contribution in [0.2, 0.25) is 0 Å². The second kappa shape index (κ2) is 5.87. The van der Waals surface area contributed by atoms with E-state index >= 15 is 0 Å². The lowest BCUT2D eigenvalue weighted by Crippen LogP contribution is -2.52. The van der Waals surface area contributed by atoms with Crippen LogP contribution in [0.25, 0.3) is 5.65 Å². The average Bonchev–Trinajstić information content (AvgIpc) is 2.82. The van der Waals surface area contributed by atoms with E-state index in [9.17, 15) is 9.59 Å². The predicted octanol–water partition coefficient (Wildman–Crippen LogP) is 1.61. The summed E-state index contributed by atoms with van der Waals surface area (Å²) in [6.07, 6.45) is 3.44. The lowest BCUT2D eigenvalue weighted by molar-refractivity contribution is -0.140. The number of nitrogens with one attached hydrogen (secondary N) is 1.